The van der Waals surface area contributed by atoms with Gasteiger partial charge in [-0.3, -0.25) is 10.1 Å². The predicted molar refractivity (Wildman–Crippen MR) is 94.1 cm³/mol. The topological polar surface area (TPSA) is 121 Å². The average molecular weight is 373 g/mol. The maximum Gasteiger partial charge on any atom is 0.315 e. The summed E-state index contributed by atoms with van der Waals surface area (Å²) in [7, 11) is 5.66. The minimum absolute atomic E-state index is 0.0596. The number of methoxy groups -OCH3 is 4. The van der Waals surface area contributed by atoms with Crippen molar-refractivity contribution < 1.29 is 34.1 Å². The molecule has 0 saturated carbocycles. The Morgan fingerprint density at radius 3 is 2.19 bits per heavy atom. The maximum absolute atomic E-state index is 11.4. The molecule has 0 amide bonds. The zero-order chi connectivity index (χ0) is 19.9. The van der Waals surface area contributed by atoms with Crippen LogP contribution in [-0.2, 0) is 11.2 Å². The van der Waals surface area contributed by atoms with Crippen LogP contribution in [0.3, 0.4) is 0 Å². The molecule has 9 nitrogen and oxygen atoms in total. The Morgan fingerprint density at radius 2 is 1.77 bits per heavy atom. The van der Waals surface area contributed by atoms with Gasteiger partial charge < -0.3 is 29.2 Å². The lowest BCUT2D eigenvalue weighted by molar-refractivity contribution is -0.385. The fourth-order valence-electron chi connectivity index (χ4n) is 2.94. The summed E-state index contributed by atoms with van der Waals surface area (Å²) in [5, 5.41) is 30.3. The number of benzene rings is 1. The van der Waals surface area contributed by atoms with E-state index in [9.17, 15) is 15.2 Å². The van der Waals surface area contributed by atoms with Crippen LogP contribution in [0.1, 0.15) is 18.9 Å². The summed E-state index contributed by atoms with van der Waals surface area (Å²) in [5.41, 5.74) is 0.285. The van der Waals surface area contributed by atoms with E-state index in [1.807, 2.05) is 6.92 Å². The molecule has 1 rings (SSSR count). The van der Waals surface area contributed by atoms with Crippen molar-refractivity contribution in [2.24, 2.45) is 5.92 Å². The monoisotopic (exact) mass is 373 g/mol. The smallest absolute Gasteiger partial charge is 0.315 e. The van der Waals surface area contributed by atoms with Crippen LogP contribution in [0.4, 0.5) is 5.69 Å². The highest BCUT2D eigenvalue weighted by Crippen LogP contribution is 2.45. The van der Waals surface area contributed by atoms with Gasteiger partial charge >= 0.3 is 5.69 Å². The lowest BCUT2D eigenvalue weighted by atomic mass is 9.92. The molecule has 3 atom stereocenters. The van der Waals surface area contributed by atoms with Crippen LogP contribution < -0.4 is 14.2 Å². The first kappa shape index (κ1) is 21.9. The van der Waals surface area contributed by atoms with E-state index in [-0.39, 0.29) is 23.1 Å². The first-order chi connectivity index (χ1) is 12.3. The molecule has 1 aromatic carbocycles. The van der Waals surface area contributed by atoms with Gasteiger partial charge in [-0.2, -0.15) is 0 Å². The Balaban J connectivity index is 3.27. The van der Waals surface area contributed by atoms with E-state index >= 15 is 0 Å². The quantitative estimate of drug-likeness (QED) is 0.443. The largest absolute Gasteiger partial charge is 0.493 e. The summed E-state index contributed by atoms with van der Waals surface area (Å²) in [6, 6.07) is 1.26. The number of nitro groups is 1. The number of aliphatic hydroxyl groups excluding tert-OH is 2. The van der Waals surface area contributed by atoms with E-state index < -0.39 is 23.7 Å². The fourth-order valence-corrected chi connectivity index (χ4v) is 2.94. The van der Waals surface area contributed by atoms with Crippen molar-refractivity contribution in [2.75, 3.05) is 35.0 Å². The molecule has 0 saturated heterocycles. The molecule has 0 aromatic heterocycles. The molecule has 0 radical (unpaired) electrons. The highest BCUT2D eigenvalue weighted by molar-refractivity contribution is 5.64. The molecular formula is C17H27NO8. The lowest BCUT2D eigenvalue weighted by Crippen LogP contribution is -2.33. The van der Waals surface area contributed by atoms with Gasteiger partial charge in [-0.05, 0) is 18.8 Å². The van der Waals surface area contributed by atoms with Gasteiger partial charge in [-0.25, -0.2) is 0 Å². The van der Waals surface area contributed by atoms with Crippen molar-refractivity contribution in [3.8, 4) is 17.2 Å². The third kappa shape index (κ3) is 4.96. The van der Waals surface area contributed by atoms with Gasteiger partial charge in [0.15, 0.2) is 11.5 Å². The van der Waals surface area contributed by atoms with Crippen molar-refractivity contribution in [3.05, 3.63) is 21.7 Å². The number of nitro benzene ring substituents is 1. The molecular weight excluding hydrogens is 346 g/mol. The van der Waals surface area contributed by atoms with Crippen molar-refractivity contribution in [2.45, 2.75) is 32.0 Å². The zero-order valence-electron chi connectivity index (χ0n) is 15.7. The van der Waals surface area contributed by atoms with E-state index in [0.29, 0.717) is 24.2 Å². The van der Waals surface area contributed by atoms with E-state index in [1.165, 1.54) is 34.5 Å². The number of hydrogen-bond donors (Lipinski definition) is 2. The zero-order valence-corrected chi connectivity index (χ0v) is 15.7. The first-order valence-corrected chi connectivity index (χ1v) is 8.12. The van der Waals surface area contributed by atoms with Crippen LogP contribution in [0.2, 0.25) is 0 Å². The van der Waals surface area contributed by atoms with Crippen LogP contribution in [0.25, 0.3) is 0 Å². The maximum atomic E-state index is 11.4. The molecule has 0 heterocycles. The Bertz CT molecular complexity index is 607. The third-order valence-electron chi connectivity index (χ3n) is 4.20. The molecule has 0 aliphatic rings. The molecule has 9 heteroatoms. The SMILES string of the molecule is COc1cc([N+](=O)[O-])c(OC)c(C[C@@H](C)C[C@H](OC)[C@H](O)CO)c1OC. The van der Waals surface area contributed by atoms with Crippen LogP contribution in [0.5, 0.6) is 17.2 Å². The minimum Gasteiger partial charge on any atom is -0.493 e. The van der Waals surface area contributed by atoms with Gasteiger partial charge in [-0.1, -0.05) is 6.92 Å². The summed E-state index contributed by atoms with van der Waals surface area (Å²) in [6.07, 6.45) is -0.781. The standard InChI is InChI=1S/C17H27NO8/c1-10(7-14(23-2)13(20)9-19)6-11-16(25-4)12(18(21)22)8-15(24-3)17(11)26-5/h8,10,13-14,19-20H,6-7,9H2,1-5H3/t10-,13-,14+/m1/s1. The van der Waals surface area contributed by atoms with Crippen LogP contribution >= 0.6 is 0 Å². The molecule has 0 fully saturated rings. The van der Waals surface area contributed by atoms with E-state index in [0.717, 1.165) is 0 Å². The number of aliphatic hydroxyl groups is 2. The van der Waals surface area contributed by atoms with E-state index in [4.69, 9.17) is 24.1 Å². The number of rotatable bonds is 11. The number of hydrogen-bond acceptors (Lipinski definition) is 8. The van der Waals surface area contributed by atoms with Gasteiger partial charge in [0.25, 0.3) is 0 Å². The Morgan fingerprint density at radius 1 is 1.15 bits per heavy atom. The van der Waals surface area contributed by atoms with Gasteiger partial charge in [-0.15, -0.1) is 0 Å². The summed E-state index contributed by atoms with van der Waals surface area (Å²) in [6.45, 7) is 1.49. The molecule has 0 bridgehead atoms. The van der Waals surface area contributed by atoms with Crippen LogP contribution in [0.15, 0.2) is 6.07 Å². The van der Waals surface area contributed by atoms with Crippen molar-refractivity contribution in [1.82, 2.24) is 0 Å². The number of nitrogens with zero attached hydrogens (tertiary/aromatic N) is 1. The molecule has 148 valence electrons. The Kier molecular flexibility index (Phi) is 8.56. The normalized spacial score (nSPS) is 14.4. The lowest BCUT2D eigenvalue weighted by Gasteiger charge is -2.24. The van der Waals surface area contributed by atoms with E-state index in [2.05, 4.69) is 0 Å². The van der Waals surface area contributed by atoms with Gasteiger partial charge in [0.2, 0.25) is 5.75 Å². The first-order valence-electron chi connectivity index (χ1n) is 8.12. The molecule has 2 N–H and O–H groups in total. The second-order valence-corrected chi connectivity index (χ2v) is 5.97. The molecule has 1 aromatic rings. The average Bonchev–Trinajstić information content (AvgIpc) is 2.64. The van der Waals surface area contributed by atoms with Crippen molar-refractivity contribution in [3.63, 3.8) is 0 Å². The second-order valence-electron chi connectivity index (χ2n) is 5.97. The van der Waals surface area contributed by atoms with Gasteiger partial charge in [0.1, 0.15) is 6.10 Å². The summed E-state index contributed by atoms with van der Waals surface area (Å²) in [5.74, 6) is 0.645. The van der Waals surface area contributed by atoms with Gasteiger partial charge in [0, 0.05) is 12.7 Å². The van der Waals surface area contributed by atoms with Gasteiger partial charge in [0.05, 0.1) is 45.0 Å². The number of ether oxygens (including phenoxy) is 4. The van der Waals surface area contributed by atoms with Crippen molar-refractivity contribution in [1.29, 1.82) is 0 Å². The Labute approximate surface area is 152 Å². The molecule has 0 spiro atoms. The predicted octanol–water partition coefficient (Wildman–Crippen LogP) is 1.56. The molecule has 26 heavy (non-hydrogen) atoms. The van der Waals surface area contributed by atoms with Crippen LogP contribution in [-0.4, -0.2) is 62.4 Å². The van der Waals surface area contributed by atoms with Crippen LogP contribution in [0, 0.1) is 16.0 Å². The summed E-state index contributed by atoms with van der Waals surface area (Å²) < 4.78 is 21.1. The summed E-state index contributed by atoms with van der Waals surface area (Å²) in [4.78, 5) is 10.8. The Hall–Kier alpha value is -2.10. The third-order valence-corrected chi connectivity index (χ3v) is 4.20. The second kappa shape index (κ2) is 10.1. The molecule has 0 aliphatic heterocycles. The fraction of sp³-hybridized carbons (Fsp3) is 0.647. The van der Waals surface area contributed by atoms with Crippen molar-refractivity contribution >= 4 is 5.69 Å². The molecule has 0 aliphatic carbocycles. The summed E-state index contributed by atoms with van der Waals surface area (Å²) >= 11 is 0. The molecule has 0 unspecified atom stereocenters. The highest BCUT2D eigenvalue weighted by Gasteiger charge is 2.29. The minimum atomic E-state index is -1.01. The highest BCUT2D eigenvalue weighted by atomic mass is 16.6. The van der Waals surface area contributed by atoms with E-state index in [1.54, 1.807) is 0 Å².